The minimum atomic E-state index is -0.538. The largest absolute Gasteiger partial charge is 0.444 e. The second kappa shape index (κ2) is 9.74. The van der Waals surface area contributed by atoms with Crippen LogP contribution in [0.4, 0.5) is 10.5 Å². The maximum absolute atomic E-state index is 11.5. The van der Waals surface area contributed by atoms with Crippen LogP contribution in [0.2, 0.25) is 0 Å². The van der Waals surface area contributed by atoms with Crippen LogP contribution in [0.25, 0.3) is 0 Å². The summed E-state index contributed by atoms with van der Waals surface area (Å²) in [5.41, 5.74) is 7.63. The number of rotatable bonds is 4. The number of hydrogen-bond acceptors (Lipinski definition) is 5. The number of benzene rings is 1. The molecule has 6 heteroatoms. The zero-order chi connectivity index (χ0) is 18.0. The highest BCUT2D eigenvalue weighted by Gasteiger charge is 2.15. The van der Waals surface area contributed by atoms with E-state index in [4.69, 9.17) is 16.3 Å². The SMILES string of the molecule is CC.Cc1cccc(N(N)/C=C(\N)CNC(=O)OC(C)(C)C)c1. The first-order chi connectivity index (χ1) is 10.7. The summed E-state index contributed by atoms with van der Waals surface area (Å²) < 4.78 is 5.12. The molecule has 0 heterocycles. The average Bonchev–Trinajstić information content (AvgIpc) is 2.45. The van der Waals surface area contributed by atoms with Crippen molar-refractivity contribution in [3.05, 3.63) is 41.7 Å². The van der Waals surface area contributed by atoms with E-state index in [0.717, 1.165) is 11.3 Å². The zero-order valence-electron chi connectivity index (χ0n) is 15.0. The number of anilines is 1. The molecular weight excluding hydrogens is 292 g/mol. The van der Waals surface area contributed by atoms with E-state index in [1.165, 1.54) is 5.01 Å². The molecule has 0 saturated heterocycles. The van der Waals surface area contributed by atoms with Crippen molar-refractivity contribution in [1.82, 2.24) is 5.32 Å². The van der Waals surface area contributed by atoms with E-state index < -0.39 is 11.7 Å². The molecule has 0 bridgehead atoms. The highest BCUT2D eigenvalue weighted by Crippen LogP contribution is 2.13. The predicted octanol–water partition coefficient (Wildman–Crippen LogP) is 3.03. The fourth-order valence-electron chi connectivity index (χ4n) is 1.58. The van der Waals surface area contributed by atoms with Gasteiger partial charge in [-0.05, 0) is 45.4 Å². The first-order valence-electron chi connectivity index (χ1n) is 7.71. The fourth-order valence-corrected chi connectivity index (χ4v) is 1.58. The van der Waals surface area contributed by atoms with Crippen LogP contribution in [0.15, 0.2) is 36.2 Å². The van der Waals surface area contributed by atoms with E-state index in [0.29, 0.717) is 5.70 Å². The molecule has 0 aliphatic rings. The highest BCUT2D eigenvalue weighted by atomic mass is 16.6. The van der Waals surface area contributed by atoms with Crippen LogP contribution < -0.4 is 21.9 Å². The minimum Gasteiger partial charge on any atom is -0.444 e. The van der Waals surface area contributed by atoms with Crippen molar-refractivity contribution >= 4 is 11.8 Å². The number of hydrogen-bond donors (Lipinski definition) is 3. The lowest BCUT2D eigenvalue weighted by molar-refractivity contribution is 0.0532. The van der Waals surface area contributed by atoms with Crippen molar-refractivity contribution in [2.75, 3.05) is 11.6 Å². The van der Waals surface area contributed by atoms with E-state index in [9.17, 15) is 4.79 Å². The number of carbonyl (C=O) groups is 1. The number of carbonyl (C=O) groups excluding carboxylic acids is 1. The molecule has 6 nitrogen and oxygen atoms in total. The van der Waals surface area contributed by atoms with Crippen LogP contribution in [0.1, 0.15) is 40.2 Å². The van der Waals surface area contributed by atoms with Gasteiger partial charge in [-0.2, -0.15) is 0 Å². The van der Waals surface area contributed by atoms with E-state index in [-0.39, 0.29) is 6.54 Å². The third kappa shape index (κ3) is 9.42. The molecule has 0 radical (unpaired) electrons. The van der Waals surface area contributed by atoms with Crippen molar-refractivity contribution < 1.29 is 9.53 Å². The smallest absolute Gasteiger partial charge is 0.407 e. The average molecular weight is 322 g/mol. The van der Waals surface area contributed by atoms with Crippen molar-refractivity contribution in [1.29, 1.82) is 0 Å². The van der Waals surface area contributed by atoms with Gasteiger partial charge in [0.1, 0.15) is 5.60 Å². The summed E-state index contributed by atoms with van der Waals surface area (Å²) in [6.45, 7) is 11.5. The molecule has 0 atom stereocenters. The molecule has 0 aliphatic heterocycles. The van der Waals surface area contributed by atoms with Crippen molar-refractivity contribution in [2.45, 2.75) is 47.1 Å². The molecule has 0 fully saturated rings. The maximum Gasteiger partial charge on any atom is 0.407 e. The van der Waals surface area contributed by atoms with Gasteiger partial charge in [0.05, 0.1) is 12.2 Å². The summed E-state index contributed by atoms with van der Waals surface area (Å²) in [5.74, 6) is 5.91. The first kappa shape index (κ1) is 20.8. The Balaban J connectivity index is 0.00000232. The van der Waals surface area contributed by atoms with Crippen LogP contribution in [0.3, 0.4) is 0 Å². The third-order valence-electron chi connectivity index (χ3n) is 2.44. The van der Waals surface area contributed by atoms with E-state index >= 15 is 0 Å². The monoisotopic (exact) mass is 322 g/mol. The van der Waals surface area contributed by atoms with Crippen LogP contribution in [-0.2, 0) is 4.74 Å². The number of nitrogens with one attached hydrogen (secondary N) is 1. The fraction of sp³-hybridized carbons (Fsp3) is 0.471. The van der Waals surface area contributed by atoms with Gasteiger partial charge in [0.2, 0.25) is 0 Å². The number of aryl methyl sites for hydroxylation is 1. The van der Waals surface area contributed by atoms with Gasteiger partial charge >= 0.3 is 6.09 Å². The lowest BCUT2D eigenvalue weighted by Gasteiger charge is -2.20. The Morgan fingerprint density at radius 1 is 1.35 bits per heavy atom. The summed E-state index contributed by atoms with van der Waals surface area (Å²) in [4.78, 5) is 11.5. The zero-order valence-corrected chi connectivity index (χ0v) is 15.0. The Hall–Kier alpha value is -2.21. The van der Waals surface area contributed by atoms with Crippen molar-refractivity contribution in [2.24, 2.45) is 11.6 Å². The Morgan fingerprint density at radius 3 is 2.48 bits per heavy atom. The minimum absolute atomic E-state index is 0.161. The third-order valence-corrected chi connectivity index (χ3v) is 2.44. The summed E-state index contributed by atoms with van der Waals surface area (Å²) in [7, 11) is 0. The lowest BCUT2D eigenvalue weighted by atomic mass is 10.2. The predicted molar refractivity (Wildman–Crippen MR) is 95.7 cm³/mol. The van der Waals surface area contributed by atoms with E-state index in [1.54, 1.807) is 27.0 Å². The molecule has 1 amide bonds. The van der Waals surface area contributed by atoms with Crippen molar-refractivity contribution in [3.8, 4) is 0 Å². The first-order valence-corrected chi connectivity index (χ1v) is 7.71. The van der Waals surface area contributed by atoms with Crippen LogP contribution in [0.5, 0.6) is 0 Å². The molecule has 1 rings (SSSR count). The summed E-state index contributed by atoms with van der Waals surface area (Å²) in [5, 5.41) is 3.99. The van der Waals surface area contributed by atoms with Crippen LogP contribution in [-0.4, -0.2) is 18.2 Å². The molecule has 0 unspecified atom stereocenters. The van der Waals surface area contributed by atoms with Gasteiger partial charge in [0, 0.05) is 11.9 Å². The number of alkyl carbamates (subject to hydrolysis) is 1. The van der Waals surface area contributed by atoms with Gasteiger partial charge in [-0.15, -0.1) is 0 Å². The molecule has 1 aromatic carbocycles. The Morgan fingerprint density at radius 2 is 1.96 bits per heavy atom. The Labute approximate surface area is 139 Å². The van der Waals surface area contributed by atoms with Gasteiger partial charge < -0.3 is 15.8 Å². The number of ether oxygens (including phenoxy) is 1. The molecule has 0 aliphatic carbocycles. The van der Waals surface area contributed by atoms with Gasteiger partial charge in [0.15, 0.2) is 0 Å². The molecule has 23 heavy (non-hydrogen) atoms. The number of hydrazine groups is 1. The molecular formula is C17H30N4O2. The molecule has 0 spiro atoms. The Bertz CT molecular complexity index is 522. The highest BCUT2D eigenvalue weighted by molar-refractivity contribution is 5.68. The quantitative estimate of drug-likeness (QED) is 0.585. The van der Waals surface area contributed by atoms with Gasteiger partial charge in [-0.3, -0.25) is 5.01 Å². The normalized spacial score (nSPS) is 11.2. The van der Waals surface area contributed by atoms with Gasteiger partial charge in [-0.1, -0.05) is 26.0 Å². The lowest BCUT2D eigenvalue weighted by Crippen LogP contribution is -2.35. The standard InChI is InChI=1S/C15H24N4O2.C2H6/c1-11-6-5-7-13(8-11)19(17)10-12(16)9-18-14(20)21-15(2,3)4;1-2/h5-8,10H,9,16-17H2,1-4H3,(H,18,20);1-2H3/b12-10-;. The van der Waals surface area contributed by atoms with Crippen LogP contribution in [0, 0.1) is 6.92 Å². The molecule has 0 aromatic heterocycles. The summed E-state index contributed by atoms with van der Waals surface area (Å²) in [6, 6.07) is 7.70. The molecule has 0 saturated carbocycles. The van der Waals surface area contributed by atoms with Gasteiger partial charge in [0.25, 0.3) is 0 Å². The Kier molecular flexibility index (Phi) is 8.80. The van der Waals surface area contributed by atoms with Crippen molar-refractivity contribution in [3.63, 3.8) is 0 Å². The maximum atomic E-state index is 11.5. The topological polar surface area (TPSA) is 93.6 Å². The van der Waals surface area contributed by atoms with Crippen LogP contribution >= 0.6 is 0 Å². The number of amides is 1. The summed E-state index contributed by atoms with van der Waals surface area (Å²) in [6.07, 6.45) is 1.05. The molecule has 5 N–H and O–H groups in total. The molecule has 130 valence electrons. The number of nitrogens with two attached hydrogens (primary N) is 2. The second-order valence-electron chi connectivity index (χ2n) is 5.81. The molecule has 1 aromatic rings. The van der Waals surface area contributed by atoms with E-state index in [2.05, 4.69) is 5.32 Å². The van der Waals surface area contributed by atoms with Gasteiger partial charge in [-0.25, -0.2) is 10.6 Å². The van der Waals surface area contributed by atoms with E-state index in [1.807, 2.05) is 45.0 Å². The number of nitrogens with zero attached hydrogens (tertiary/aromatic N) is 1. The summed E-state index contributed by atoms with van der Waals surface area (Å²) >= 11 is 0. The second-order valence-corrected chi connectivity index (χ2v) is 5.81.